The molecule has 0 spiro atoms. The van der Waals surface area contributed by atoms with E-state index in [0.717, 1.165) is 37.1 Å². The molecule has 4 N–H and O–H groups in total. The van der Waals surface area contributed by atoms with E-state index in [4.69, 9.17) is 11.5 Å². The quantitative estimate of drug-likeness (QED) is 0.0917. The van der Waals surface area contributed by atoms with Crippen molar-refractivity contribution in [3.8, 4) is 0 Å². The van der Waals surface area contributed by atoms with Crippen molar-refractivity contribution in [2.45, 2.75) is 110 Å². The van der Waals surface area contributed by atoms with Crippen molar-refractivity contribution >= 4 is 11.4 Å². The summed E-state index contributed by atoms with van der Waals surface area (Å²) in [6.07, 6.45) is 17.8. The van der Waals surface area contributed by atoms with E-state index in [-0.39, 0.29) is 0 Å². The highest BCUT2D eigenvalue weighted by atomic mass is 14.6. The Morgan fingerprint density at radius 1 is 0.372 bits per heavy atom. The van der Waals surface area contributed by atoms with Gasteiger partial charge in [-0.25, -0.2) is 0 Å². The second kappa shape index (κ2) is 17.6. The van der Waals surface area contributed by atoms with Gasteiger partial charge in [0.1, 0.15) is 0 Å². The molecule has 0 saturated carbocycles. The zero-order chi connectivity index (χ0) is 30.3. The number of anilines is 2. The van der Waals surface area contributed by atoms with E-state index in [0.29, 0.717) is 0 Å². The lowest BCUT2D eigenvalue weighted by atomic mass is 9.97. The average molecular weight is 575 g/mol. The van der Waals surface area contributed by atoms with Gasteiger partial charge in [-0.2, -0.15) is 0 Å². The van der Waals surface area contributed by atoms with Crippen LogP contribution in [0.2, 0.25) is 0 Å². The molecule has 0 fully saturated rings. The second-order valence-corrected chi connectivity index (χ2v) is 12.5. The summed E-state index contributed by atoms with van der Waals surface area (Å²) in [6, 6.07) is 31.7. The smallest absolute Gasteiger partial charge is 0.0346 e. The fourth-order valence-electron chi connectivity index (χ4n) is 6.01. The van der Waals surface area contributed by atoms with Crippen LogP contribution >= 0.6 is 0 Å². The number of hydrogen-bond acceptors (Lipinski definition) is 2. The predicted octanol–water partition coefficient (Wildman–Crippen LogP) is 10.5. The molecule has 4 rings (SSSR count). The summed E-state index contributed by atoms with van der Waals surface area (Å²) in [5, 5.41) is 0. The minimum absolute atomic E-state index is 0.934. The van der Waals surface area contributed by atoms with E-state index >= 15 is 0 Å². The lowest BCUT2D eigenvalue weighted by Gasteiger charge is -2.10. The standard InChI is InChI=1S/C41H54N2/c1-3-5-14-38-30-36(24-26-40(38)42)28-34-20-16-32(17-21-34)12-10-8-7-9-11-13-33-18-22-35(23-19-33)29-37-25-27-41(43)39(31-37)15-6-4-2/h16-27,30-31H,3-15,28-29,42-43H2,1-2H3. The molecule has 0 saturated heterocycles. The van der Waals surface area contributed by atoms with Crippen LogP contribution in [-0.2, 0) is 38.5 Å². The summed E-state index contributed by atoms with van der Waals surface area (Å²) in [5.74, 6) is 0. The summed E-state index contributed by atoms with van der Waals surface area (Å²) >= 11 is 0. The van der Waals surface area contributed by atoms with Gasteiger partial charge in [-0.3, -0.25) is 0 Å². The van der Waals surface area contributed by atoms with E-state index in [2.05, 4.69) is 98.8 Å². The molecule has 4 aromatic rings. The Morgan fingerprint density at radius 2 is 0.721 bits per heavy atom. The van der Waals surface area contributed by atoms with Crippen LogP contribution in [0, 0.1) is 0 Å². The molecular formula is C41H54N2. The molecule has 2 nitrogen and oxygen atoms in total. The van der Waals surface area contributed by atoms with E-state index < -0.39 is 0 Å². The number of aryl methyl sites for hydroxylation is 4. The van der Waals surface area contributed by atoms with Gasteiger partial charge < -0.3 is 11.5 Å². The highest BCUT2D eigenvalue weighted by molar-refractivity contribution is 5.50. The molecule has 0 amide bonds. The Bertz CT molecular complexity index is 1260. The highest BCUT2D eigenvalue weighted by Gasteiger charge is 2.05. The third kappa shape index (κ3) is 10.9. The molecule has 0 aliphatic carbocycles. The number of hydrogen-bond donors (Lipinski definition) is 2. The zero-order valence-electron chi connectivity index (χ0n) is 26.8. The molecular weight excluding hydrogens is 520 g/mol. The first-order valence-electron chi connectivity index (χ1n) is 16.9. The van der Waals surface area contributed by atoms with Crippen molar-refractivity contribution < 1.29 is 0 Å². The van der Waals surface area contributed by atoms with Gasteiger partial charge in [0.15, 0.2) is 0 Å². The van der Waals surface area contributed by atoms with E-state index in [1.165, 1.54) is 115 Å². The summed E-state index contributed by atoms with van der Waals surface area (Å²) < 4.78 is 0. The maximum Gasteiger partial charge on any atom is 0.0346 e. The fraction of sp³-hybridized carbons (Fsp3) is 0.415. The number of benzene rings is 4. The Morgan fingerprint density at radius 3 is 1.12 bits per heavy atom. The van der Waals surface area contributed by atoms with Crippen molar-refractivity contribution in [1.29, 1.82) is 0 Å². The van der Waals surface area contributed by atoms with Crippen molar-refractivity contribution in [3.05, 3.63) is 129 Å². The Hall–Kier alpha value is -3.52. The lowest BCUT2D eigenvalue weighted by Crippen LogP contribution is -1.97. The molecule has 43 heavy (non-hydrogen) atoms. The number of nitrogens with two attached hydrogens (primary N) is 2. The first-order chi connectivity index (χ1) is 21.0. The van der Waals surface area contributed by atoms with Crippen molar-refractivity contribution in [2.24, 2.45) is 0 Å². The molecule has 4 aromatic carbocycles. The van der Waals surface area contributed by atoms with Gasteiger partial charge in [0.2, 0.25) is 0 Å². The van der Waals surface area contributed by atoms with Crippen LogP contribution in [0.15, 0.2) is 84.9 Å². The zero-order valence-corrected chi connectivity index (χ0v) is 26.8. The highest BCUT2D eigenvalue weighted by Crippen LogP contribution is 2.22. The number of rotatable bonds is 18. The number of nitrogen functional groups attached to an aromatic ring is 2. The maximum atomic E-state index is 6.20. The van der Waals surface area contributed by atoms with E-state index in [9.17, 15) is 0 Å². The molecule has 0 aromatic heterocycles. The van der Waals surface area contributed by atoms with Crippen LogP contribution in [0.4, 0.5) is 11.4 Å². The number of unbranched alkanes of at least 4 members (excludes halogenated alkanes) is 6. The topological polar surface area (TPSA) is 52.0 Å². The van der Waals surface area contributed by atoms with Crippen molar-refractivity contribution in [2.75, 3.05) is 11.5 Å². The summed E-state index contributed by atoms with van der Waals surface area (Å²) in [5.41, 5.74) is 25.3. The third-order valence-corrected chi connectivity index (χ3v) is 8.81. The monoisotopic (exact) mass is 574 g/mol. The summed E-state index contributed by atoms with van der Waals surface area (Å²) in [6.45, 7) is 4.46. The molecule has 0 atom stereocenters. The molecule has 0 unspecified atom stereocenters. The van der Waals surface area contributed by atoms with Crippen LogP contribution in [0.3, 0.4) is 0 Å². The predicted molar refractivity (Wildman–Crippen MR) is 188 cm³/mol. The van der Waals surface area contributed by atoms with Crippen LogP contribution < -0.4 is 11.5 Å². The first-order valence-corrected chi connectivity index (χ1v) is 16.9. The van der Waals surface area contributed by atoms with E-state index in [1.807, 2.05) is 0 Å². The Labute approximate surface area is 261 Å². The van der Waals surface area contributed by atoms with Crippen LogP contribution in [0.5, 0.6) is 0 Å². The Kier molecular flexibility index (Phi) is 13.2. The molecule has 2 heteroatoms. The largest absolute Gasteiger partial charge is 0.399 e. The van der Waals surface area contributed by atoms with Crippen LogP contribution in [0.1, 0.15) is 116 Å². The first kappa shape index (κ1) is 32.4. The lowest BCUT2D eigenvalue weighted by molar-refractivity contribution is 0.613. The second-order valence-electron chi connectivity index (χ2n) is 12.5. The maximum absolute atomic E-state index is 6.20. The van der Waals surface area contributed by atoms with Crippen LogP contribution in [-0.4, -0.2) is 0 Å². The van der Waals surface area contributed by atoms with Gasteiger partial charge in [-0.05, 0) is 121 Å². The van der Waals surface area contributed by atoms with Crippen LogP contribution in [0.25, 0.3) is 0 Å². The minimum Gasteiger partial charge on any atom is -0.399 e. The van der Waals surface area contributed by atoms with Gasteiger partial charge in [0, 0.05) is 11.4 Å². The van der Waals surface area contributed by atoms with Gasteiger partial charge in [0.25, 0.3) is 0 Å². The average Bonchev–Trinajstić information content (AvgIpc) is 3.02. The summed E-state index contributed by atoms with van der Waals surface area (Å²) in [7, 11) is 0. The van der Waals surface area contributed by atoms with Gasteiger partial charge in [-0.15, -0.1) is 0 Å². The minimum atomic E-state index is 0.934. The molecule has 0 bridgehead atoms. The molecule has 0 radical (unpaired) electrons. The molecule has 0 aliphatic rings. The Balaban J connectivity index is 1.11. The van der Waals surface area contributed by atoms with Gasteiger partial charge in [-0.1, -0.05) is 119 Å². The van der Waals surface area contributed by atoms with Gasteiger partial charge in [0.05, 0.1) is 0 Å². The van der Waals surface area contributed by atoms with Crippen molar-refractivity contribution in [3.63, 3.8) is 0 Å². The molecule has 228 valence electrons. The molecule has 0 aliphatic heterocycles. The SMILES string of the molecule is CCCCc1cc(Cc2ccc(CCCCCCCc3ccc(Cc4ccc(N)c(CCCC)c4)cc3)cc2)ccc1N. The van der Waals surface area contributed by atoms with E-state index in [1.54, 1.807) is 0 Å². The van der Waals surface area contributed by atoms with Crippen molar-refractivity contribution in [1.82, 2.24) is 0 Å². The fourth-order valence-corrected chi connectivity index (χ4v) is 6.01. The summed E-state index contributed by atoms with van der Waals surface area (Å²) in [4.78, 5) is 0. The molecule has 0 heterocycles. The van der Waals surface area contributed by atoms with Gasteiger partial charge >= 0.3 is 0 Å². The third-order valence-electron chi connectivity index (χ3n) is 8.81. The normalized spacial score (nSPS) is 11.2.